The first-order valence-electron chi connectivity index (χ1n) is 3.77. The van der Waals surface area contributed by atoms with E-state index in [9.17, 15) is 8.78 Å². The Bertz CT molecular complexity index is 197. The molecule has 0 aromatic carbocycles. The van der Waals surface area contributed by atoms with Gasteiger partial charge in [0.2, 0.25) is 0 Å². The van der Waals surface area contributed by atoms with Crippen LogP contribution in [0, 0.1) is 5.92 Å². The molecule has 0 aromatic rings. The molecule has 0 spiro atoms. The number of rotatable bonds is 1. The molecular formula is C6H9BF2O2. The third-order valence-electron chi connectivity index (χ3n) is 3.14. The predicted octanol–water partition coefficient (Wildman–Crippen LogP) is 0.649. The summed E-state index contributed by atoms with van der Waals surface area (Å²) in [5.74, 6) is -3.59. The normalized spacial score (nSPS) is 45.3. The first-order chi connectivity index (χ1) is 5.03. The Kier molecular flexibility index (Phi) is 1.21. The van der Waals surface area contributed by atoms with E-state index in [1.807, 2.05) is 0 Å². The van der Waals surface area contributed by atoms with Gasteiger partial charge in [-0.15, -0.1) is 0 Å². The predicted molar refractivity (Wildman–Crippen MR) is 35.2 cm³/mol. The molecule has 2 atom stereocenters. The smallest absolute Gasteiger partial charge is 0.427 e. The van der Waals surface area contributed by atoms with Crippen LogP contribution in [0.3, 0.4) is 0 Å². The number of halogens is 2. The van der Waals surface area contributed by atoms with E-state index in [2.05, 4.69) is 0 Å². The van der Waals surface area contributed by atoms with Gasteiger partial charge in [-0.2, -0.15) is 0 Å². The van der Waals surface area contributed by atoms with Crippen LogP contribution in [0.25, 0.3) is 0 Å². The first-order valence-corrected chi connectivity index (χ1v) is 3.77. The Balaban J connectivity index is 2.26. The van der Waals surface area contributed by atoms with E-state index in [0.29, 0.717) is 12.8 Å². The quantitative estimate of drug-likeness (QED) is 0.555. The van der Waals surface area contributed by atoms with Gasteiger partial charge in [-0.05, 0) is 12.8 Å². The van der Waals surface area contributed by atoms with Crippen molar-refractivity contribution < 1.29 is 18.8 Å². The van der Waals surface area contributed by atoms with Crippen molar-refractivity contribution in [2.75, 3.05) is 0 Å². The minimum absolute atomic E-state index is 0.252. The first kappa shape index (κ1) is 7.49. The second-order valence-corrected chi connectivity index (χ2v) is 3.48. The van der Waals surface area contributed by atoms with Gasteiger partial charge in [-0.3, -0.25) is 0 Å². The van der Waals surface area contributed by atoms with E-state index >= 15 is 0 Å². The maximum absolute atomic E-state index is 12.8. The van der Waals surface area contributed by atoms with E-state index in [4.69, 9.17) is 10.0 Å². The van der Waals surface area contributed by atoms with Crippen LogP contribution >= 0.6 is 0 Å². The Morgan fingerprint density at radius 3 is 2.27 bits per heavy atom. The van der Waals surface area contributed by atoms with Crippen molar-refractivity contribution in [3.8, 4) is 0 Å². The molecule has 0 saturated heterocycles. The Morgan fingerprint density at radius 2 is 2.00 bits per heavy atom. The third-order valence-corrected chi connectivity index (χ3v) is 3.14. The van der Waals surface area contributed by atoms with Gasteiger partial charge in [0.05, 0.1) is 5.31 Å². The average Bonchev–Trinajstić information content (AvgIpc) is 2.25. The Labute approximate surface area is 63.4 Å². The van der Waals surface area contributed by atoms with Crippen LogP contribution in [0.15, 0.2) is 0 Å². The highest BCUT2D eigenvalue weighted by Gasteiger charge is 2.85. The molecule has 2 aliphatic carbocycles. The average molecular weight is 162 g/mol. The number of hydrogen-bond acceptors (Lipinski definition) is 2. The highest BCUT2D eigenvalue weighted by molar-refractivity contribution is 6.48. The van der Waals surface area contributed by atoms with Crippen LogP contribution in [0.1, 0.15) is 19.3 Å². The molecule has 11 heavy (non-hydrogen) atoms. The highest BCUT2D eigenvalue weighted by atomic mass is 19.3. The summed E-state index contributed by atoms with van der Waals surface area (Å²) in [6.45, 7) is 0. The molecule has 2 aliphatic rings. The maximum Gasteiger partial charge on any atom is 0.464 e. The van der Waals surface area contributed by atoms with E-state index in [0.717, 1.165) is 0 Å². The third kappa shape index (κ3) is 0.597. The molecule has 2 unspecified atom stereocenters. The SMILES string of the molecule is OB(O)C12CCCC1C2(F)F. The molecule has 0 aromatic heterocycles. The van der Waals surface area contributed by atoms with Gasteiger partial charge < -0.3 is 10.0 Å². The zero-order chi connectivity index (χ0) is 8.28. The molecule has 2 fully saturated rings. The summed E-state index contributed by atoms with van der Waals surface area (Å²) >= 11 is 0. The lowest BCUT2D eigenvalue weighted by atomic mass is 9.67. The molecule has 62 valence electrons. The molecule has 0 radical (unpaired) electrons. The highest BCUT2D eigenvalue weighted by Crippen LogP contribution is 2.80. The van der Waals surface area contributed by atoms with Gasteiger partial charge in [-0.25, -0.2) is 8.78 Å². The van der Waals surface area contributed by atoms with Gasteiger partial charge in [0.15, 0.2) is 0 Å². The van der Waals surface area contributed by atoms with Crippen molar-refractivity contribution in [3.05, 3.63) is 0 Å². The summed E-state index contributed by atoms with van der Waals surface area (Å²) in [6.07, 6.45) is 1.38. The van der Waals surface area contributed by atoms with Crippen molar-refractivity contribution in [3.63, 3.8) is 0 Å². The van der Waals surface area contributed by atoms with Crippen molar-refractivity contribution in [1.82, 2.24) is 0 Å². The molecule has 0 bridgehead atoms. The zero-order valence-corrected chi connectivity index (χ0v) is 5.93. The van der Waals surface area contributed by atoms with Crippen molar-refractivity contribution in [2.45, 2.75) is 30.5 Å². The maximum atomic E-state index is 12.8. The van der Waals surface area contributed by atoms with Gasteiger partial charge in [0, 0.05) is 5.92 Å². The van der Waals surface area contributed by atoms with Crippen molar-refractivity contribution in [1.29, 1.82) is 0 Å². The molecule has 0 amide bonds. The number of alkyl halides is 2. The largest absolute Gasteiger partial charge is 0.464 e. The van der Waals surface area contributed by atoms with Crippen molar-refractivity contribution in [2.24, 2.45) is 5.92 Å². The summed E-state index contributed by atoms with van der Waals surface area (Å²) < 4.78 is 25.7. The Morgan fingerprint density at radius 1 is 1.36 bits per heavy atom. The van der Waals surface area contributed by atoms with Crippen molar-refractivity contribution >= 4 is 7.12 Å². The molecule has 2 nitrogen and oxygen atoms in total. The molecule has 0 heterocycles. The molecule has 0 aliphatic heterocycles. The molecular weight excluding hydrogens is 153 g/mol. The lowest BCUT2D eigenvalue weighted by molar-refractivity contribution is 0.0700. The molecule has 5 heteroatoms. The van der Waals surface area contributed by atoms with E-state index in [1.165, 1.54) is 0 Å². The van der Waals surface area contributed by atoms with Gasteiger partial charge in [-0.1, -0.05) is 6.42 Å². The fourth-order valence-corrected chi connectivity index (χ4v) is 2.41. The van der Waals surface area contributed by atoms with Crippen LogP contribution in [0.4, 0.5) is 8.78 Å². The van der Waals surface area contributed by atoms with Gasteiger partial charge in [0.1, 0.15) is 0 Å². The van der Waals surface area contributed by atoms with Crippen LogP contribution in [-0.2, 0) is 0 Å². The summed E-state index contributed by atoms with van der Waals surface area (Å²) in [6, 6.07) is 0. The fraction of sp³-hybridized carbons (Fsp3) is 1.00. The summed E-state index contributed by atoms with van der Waals surface area (Å²) in [5.41, 5.74) is 0. The van der Waals surface area contributed by atoms with E-state index < -0.39 is 24.3 Å². The lowest BCUT2D eigenvalue weighted by Crippen LogP contribution is -2.26. The second-order valence-electron chi connectivity index (χ2n) is 3.48. The summed E-state index contributed by atoms with van der Waals surface area (Å²) in [5, 5.41) is 16.1. The van der Waals surface area contributed by atoms with Crippen LogP contribution in [-0.4, -0.2) is 23.1 Å². The monoisotopic (exact) mass is 162 g/mol. The van der Waals surface area contributed by atoms with Crippen LogP contribution in [0.2, 0.25) is 5.31 Å². The lowest BCUT2D eigenvalue weighted by Gasteiger charge is -2.11. The molecule has 2 rings (SSSR count). The van der Waals surface area contributed by atoms with Crippen LogP contribution in [0.5, 0.6) is 0 Å². The number of hydrogen-bond donors (Lipinski definition) is 2. The Hall–Kier alpha value is -0.155. The standard InChI is InChI=1S/C6H9BF2O2/c8-6(9)4-2-1-3-5(4,6)7(10)11/h4,10-11H,1-3H2. The summed E-state index contributed by atoms with van der Waals surface area (Å²) in [7, 11) is -1.84. The fourth-order valence-electron chi connectivity index (χ4n) is 2.41. The van der Waals surface area contributed by atoms with Gasteiger partial charge in [0.25, 0.3) is 5.92 Å². The second kappa shape index (κ2) is 1.77. The van der Waals surface area contributed by atoms with Crippen LogP contribution < -0.4 is 0 Å². The number of fused-ring (bicyclic) bond motifs is 1. The van der Waals surface area contributed by atoms with Gasteiger partial charge >= 0.3 is 7.12 Å². The zero-order valence-electron chi connectivity index (χ0n) is 5.93. The van der Waals surface area contributed by atoms with E-state index in [-0.39, 0.29) is 6.42 Å². The summed E-state index contributed by atoms with van der Waals surface area (Å²) in [4.78, 5) is 0. The minimum atomic E-state index is -2.82. The molecule has 2 saturated carbocycles. The van der Waals surface area contributed by atoms with E-state index in [1.54, 1.807) is 0 Å². The minimum Gasteiger partial charge on any atom is -0.427 e. The molecule has 2 N–H and O–H groups in total. The topological polar surface area (TPSA) is 40.5 Å².